The Morgan fingerprint density at radius 3 is 2.05 bits per heavy atom. The quantitative estimate of drug-likeness (QED) is 0.441. The molecule has 1 heterocycles. The van der Waals surface area contributed by atoms with Crippen molar-refractivity contribution < 1.29 is 35.9 Å². The molecule has 0 bridgehead atoms. The van der Waals surface area contributed by atoms with Crippen molar-refractivity contribution in [2.45, 2.75) is 49.1 Å². The second-order valence-electron chi connectivity index (χ2n) is 8.34. The lowest BCUT2D eigenvalue weighted by atomic mass is 10.2. The van der Waals surface area contributed by atoms with Crippen LogP contribution in [0.15, 0.2) is 58.3 Å². The van der Waals surface area contributed by atoms with E-state index in [2.05, 4.69) is 5.32 Å². The molecule has 1 aliphatic rings. The van der Waals surface area contributed by atoms with Crippen LogP contribution in [0.5, 0.6) is 5.75 Å². The molecule has 3 rings (SSSR count). The first-order valence-electron chi connectivity index (χ1n) is 11.7. The summed E-state index contributed by atoms with van der Waals surface area (Å²) in [4.78, 5) is 24.8. The molecule has 0 unspecified atom stereocenters. The highest BCUT2D eigenvalue weighted by Gasteiger charge is 2.45. The minimum Gasteiger partial charge on any atom is -0.497 e. The smallest absolute Gasteiger partial charge is 0.302 e. The molecule has 1 fully saturated rings. The number of esters is 1. The first-order valence-corrected chi connectivity index (χ1v) is 14.6. The Hall–Kier alpha value is -3.00. The summed E-state index contributed by atoms with van der Waals surface area (Å²) in [5.41, 5.74) is 0.293. The molecule has 1 saturated heterocycles. The molecule has 2 atom stereocenters. The van der Waals surface area contributed by atoms with Crippen molar-refractivity contribution in [2.75, 3.05) is 32.1 Å². The molecule has 0 aromatic heterocycles. The van der Waals surface area contributed by atoms with Crippen molar-refractivity contribution in [2.24, 2.45) is 0 Å². The lowest BCUT2D eigenvalue weighted by Crippen LogP contribution is -2.43. The summed E-state index contributed by atoms with van der Waals surface area (Å²) in [6.07, 6.45) is -0.835. The average Bonchev–Trinajstić information content (AvgIpc) is 3.29. The Morgan fingerprint density at radius 1 is 0.973 bits per heavy atom. The molecule has 0 aliphatic carbocycles. The van der Waals surface area contributed by atoms with Crippen LogP contribution in [-0.2, 0) is 34.4 Å². The number of rotatable bonds is 10. The van der Waals surface area contributed by atoms with Crippen molar-refractivity contribution in [3.63, 3.8) is 0 Å². The van der Waals surface area contributed by atoms with Crippen molar-refractivity contribution in [1.29, 1.82) is 0 Å². The Balaban J connectivity index is 1.85. The third-order valence-corrected chi connectivity index (χ3v) is 9.94. The molecule has 0 radical (unpaired) electrons. The van der Waals surface area contributed by atoms with Gasteiger partial charge in [-0.25, -0.2) is 16.8 Å². The van der Waals surface area contributed by atoms with Gasteiger partial charge in [0.15, 0.2) is 0 Å². The van der Waals surface area contributed by atoms with Gasteiger partial charge in [0.05, 0.1) is 23.4 Å². The summed E-state index contributed by atoms with van der Waals surface area (Å²) in [6.45, 7) is 5.15. The molecular weight excluding hydrogens is 522 g/mol. The molecule has 1 amide bonds. The molecule has 202 valence electrons. The van der Waals surface area contributed by atoms with Gasteiger partial charge in [-0.15, -0.1) is 0 Å². The van der Waals surface area contributed by atoms with Gasteiger partial charge in [0, 0.05) is 32.1 Å². The third kappa shape index (κ3) is 6.29. The second kappa shape index (κ2) is 11.6. The van der Waals surface area contributed by atoms with E-state index in [-0.39, 0.29) is 22.8 Å². The number of nitrogens with zero attached hydrogens (tertiary/aromatic N) is 2. The Morgan fingerprint density at radius 2 is 1.54 bits per heavy atom. The van der Waals surface area contributed by atoms with Crippen LogP contribution in [0.3, 0.4) is 0 Å². The molecule has 37 heavy (non-hydrogen) atoms. The van der Waals surface area contributed by atoms with Crippen LogP contribution >= 0.6 is 0 Å². The zero-order valence-corrected chi connectivity index (χ0v) is 22.7. The van der Waals surface area contributed by atoms with Crippen LogP contribution in [0.2, 0.25) is 0 Å². The number of methoxy groups -OCH3 is 1. The zero-order valence-electron chi connectivity index (χ0n) is 21.1. The van der Waals surface area contributed by atoms with Crippen molar-refractivity contribution >= 4 is 37.6 Å². The largest absolute Gasteiger partial charge is 0.497 e. The Bertz CT molecular complexity index is 1320. The van der Waals surface area contributed by atoms with Gasteiger partial charge in [0.1, 0.15) is 17.9 Å². The number of hydrogen-bond acceptors (Lipinski definition) is 8. The third-order valence-electron chi connectivity index (χ3n) is 5.98. The number of carbonyl (C=O) groups excluding carboxylic acids is 2. The fraction of sp³-hybridized carbons (Fsp3) is 0.417. The number of hydrogen-bond donors (Lipinski definition) is 1. The number of sulfonamides is 2. The highest BCUT2D eigenvalue weighted by Crippen LogP contribution is 2.30. The number of benzene rings is 2. The summed E-state index contributed by atoms with van der Waals surface area (Å²) in [6, 6.07) is 10.2. The average molecular weight is 554 g/mol. The lowest BCUT2D eigenvalue weighted by molar-refractivity contribution is -0.145. The molecule has 2 aromatic rings. The minimum atomic E-state index is -4.12. The van der Waals surface area contributed by atoms with Gasteiger partial charge in [-0.2, -0.15) is 8.61 Å². The normalized spacial score (nSPS) is 18.5. The molecule has 1 aliphatic heterocycles. The summed E-state index contributed by atoms with van der Waals surface area (Å²) in [5, 5.41) is 2.65. The summed E-state index contributed by atoms with van der Waals surface area (Å²) < 4.78 is 64.8. The first kappa shape index (κ1) is 28.6. The highest BCUT2D eigenvalue weighted by molar-refractivity contribution is 7.89. The van der Waals surface area contributed by atoms with E-state index < -0.39 is 44.1 Å². The van der Waals surface area contributed by atoms with Gasteiger partial charge < -0.3 is 14.8 Å². The summed E-state index contributed by atoms with van der Waals surface area (Å²) in [7, 11) is -6.33. The Labute approximate surface area is 217 Å². The molecule has 0 spiro atoms. The number of carbonyl (C=O) groups is 2. The van der Waals surface area contributed by atoms with Gasteiger partial charge in [0.2, 0.25) is 26.0 Å². The van der Waals surface area contributed by atoms with Gasteiger partial charge in [-0.1, -0.05) is 13.8 Å². The van der Waals surface area contributed by atoms with Gasteiger partial charge in [-0.05, 0) is 48.5 Å². The lowest BCUT2D eigenvalue weighted by Gasteiger charge is -2.23. The zero-order chi connectivity index (χ0) is 27.4. The van der Waals surface area contributed by atoms with Gasteiger partial charge >= 0.3 is 5.97 Å². The minimum absolute atomic E-state index is 0.0325. The molecular formula is C24H31N3O8S2. The van der Waals surface area contributed by atoms with E-state index >= 15 is 0 Å². The fourth-order valence-corrected chi connectivity index (χ4v) is 7.21. The van der Waals surface area contributed by atoms with Crippen LogP contribution in [0.1, 0.15) is 27.2 Å². The van der Waals surface area contributed by atoms with Crippen molar-refractivity contribution in [1.82, 2.24) is 8.61 Å². The molecule has 11 nitrogen and oxygen atoms in total. The predicted molar refractivity (Wildman–Crippen MR) is 136 cm³/mol. The maximum absolute atomic E-state index is 13.4. The van der Waals surface area contributed by atoms with Crippen molar-refractivity contribution in [3.8, 4) is 5.75 Å². The van der Waals surface area contributed by atoms with Crippen LogP contribution in [0.4, 0.5) is 5.69 Å². The van der Waals surface area contributed by atoms with E-state index in [1.165, 1.54) is 66.9 Å². The highest BCUT2D eigenvalue weighted by atomic mass is 32.2. The van der Waals surface area contributed by atoms with Gasteiger partial charge in [0.25, 0.3) is 0 Å². The van der Waals surface area contributed by atoms with E-state index in [1.807, 2.05) is 0 Å². The van der Waals surface area contributed by atoms with Crippen molar-refractivity contribution in [3.05, 3.63) is 48.5 Å². The standard InChI is InChI=1S/C24H31N3O8S2/c1-5-26(6-2)36(30,31)21-11-7-18(8-12-21)25-24(29)23-15-20(35-17(3)28)16-27(23)37(32,33)22-13-9-19(34-4)10-14-22/h7-14,20,23H,5-6,15-16H2,1-4H3,(H,25,29)/t20-,23-/m1/s1. The number of amides is 1. The fourth-order valence-electron chi connectivity index (χ4n) is 4.12. The van der Waals surface area contributed by atoms with Crippen LogP contribution in [0, 0.1) is 0 Å². The number of anilines is 1. The van der Waals surface area contributed by atoms with Crippen LogP contribution in [-0.4, -0.2) is 76.2 Å². The predicted octanol–water partition coefficient (Wildman–Crippen LogP) is 2.06. The second-order valence-corrected chi connectivity index (χ2v) is 12.2. The SMILES string of the molecule is CCN(CC)S(=O)(=O)c1ccc(NC(=O)[C@H]2C[C@@H](OC(C)=O)CN2S(=O)(=O)c2ccc(OC)cc2)cc1. The van der Waals surface area contributed by atoms with Crippen LogP contribution < -0.4 is 10.1 Å². The van der Waals surface area contributed by atoms with Gasteiger partial charge in [-0.3, -0.25) is 9.59 Å². The molecule has 1 N–H and O–H groups in total. The molecule has 0 saturated carbocycles. The maximum Gasteiger partial charge on any atom is 0.302 e. The first-order chi connectivity index (χ1) is 17.4. The van der Waals surface area contributed by atoms with E-state index in [9.17, 15) is 26.4 Å². The monoisotopic (exact) mass is 553 g/mol. The topological polar surface area (TPSA) is 139 Å². The Kier molecular flexibility index (Phi) is 8.95. The van der Waals surface area contributed by atoms with E-state index in [4.69, 9.17) is 9.47 Å². The molecule has 2 aromatic carbocycles. The molecule has 13 heteroatoms. The van der Waals surface area contributed by atoms with E-state index in [0.717, 1.165) is 4.31 Å². The summed E-state index contributed by atoms with van der Waals surface area (Å²) >= 11 is 0. The van der Waals surface area contributed by atoms with E-state index in [1.54, 1.807) is 13.8 Å². The van der Waals surface area contributed by atoms with Crippen LogP contribution in [0.25, 0.3) is 0 Å². The summed E-state index contributed by atoms with van der Waals surface area (Å²) in [5.74, 6) is -0.747. The number of ether oxygens (including phenoxy) is 2. The number of nitrogens with one attached hydrogen (secondary N) is 1. The maximum atomic E-state index is 13.4. The van der Waals surface area contributed by atoms with E-state index in [0.29, 0.717) is 24.5 Å².